The highest BCUT2D eigenvalue weighted by molar-refractivity contribution is 6.78. The molecular weight excluding hydrogens is 315 g/mol. The molecule has 1 fully saturated rings. The van der Waals surface area contributed by atoms with Crippen LogP contribution in [0.5, 0.6) is 0 Å². The number of hydrogen-bond acceptors (Lipinski definition) is 3. The van der Waals surface area contributed by atoms with Crippen LogP contribution >= 0.6 is 11.6 Å². The fourth-order valence-corrected chi connectivity index (χ4v) is 5.20. The summed E-state index contributed by atoms with van der Waals surface area (Å²) >= 11 is 5.89. The highest BCUT2D eigenvalue weighted by Crippen LogP contribution is 2.39. The van der Waals surface area contributed by atoms with Crippen molar-refractivity contribution in [2.75, 3.05) is 5.88 Å². The molecule has 0 amide bonds. The maximum atomic E-state index is 6.21. The van der Waals surface area contributed by atoms with Crippen molar-refractivity contribution in [3.8, 4) is 0 Å². The number of halogens is 1. The van der Waals surface area contributed by atoms with Gasteiger partial charge in [-0.1, -0.05) is 5.70 Å². The summed E-state index contributed by atoms with van der Waals surface area (Å²) in [5.41, 5.74) is 2.82. The molecule has 0 bridgehead atoms. The van der Waals surface area contributed by atoms with Crippen molar-refractivity contribution in [2.45, 2.75) is 84.8 Å². The standard InChI is InChI=1S/C16H32BClO3Si/c1-13(2)19-22(7,8)12-14(10-9-11-18)17-20-15(3,4)16(5,6)21-17/h12-13H,9-11H2,1-8H3/b14-12-. The van der Waals surface area contributed by atoms with Gasteiger partial charge in [-0.2, -0.15) is 0 Å². The van der Waals surface area contributed by atoms with Crippen LogP contribution in [-0.2, 0) is 13.7 Å². The van der Waals surface area contributed by atoms with Crippen molar-refractivity contribution in [3.05, 3.63) is 11.2 Å². The van der Waals surface area contributed by atoms with Crippen molar-refractivity contribution in [2.24, 2.45) is 0 Å². The molecule has 6 heteroatoms. The van der Waals surface area contributed by atoms with Crippen LogP contribution in [0.2, 0.25) is 13.1 Å². The van der Waals surface area contributed by atoms with E-state index in [0.29, 0.717) is 5.88 Å². The molecule has 1 aliphatic heterocycles. The van der Waals surface area contributed by atoms with E-state index in [2.05, 4.69) is 60.3 Å². The monoisotopic (exact) mass is 346 g/mol. The first kappa shape index (κ1) is 20.2. The molecule has 0 unspecified atom stereocenters. The summed E-state index contributed by atoms with van der Waals surface area (Å²) in [7, 11) is -2.20. The van der Waals surface area contributed by atoms with Gasteiger partial charge in [0.05, 0.1) is 11.2 Å². The first-order valence-corrected chi connectivity index (χ1v) is 11.7. The second kappa shape index (κ2) is 7.39. The Hall–Kier alpha value is 0.192. The molecule has 128 valence electrons. The Morgan fingerprint density at radius 3 is 2.09 bits per heavy atom. The predicted octanol–water partition coefficient (Wildman–Crippen LogP) is 4.73. The summed E-state index contributed by atoms with van der Waals surface area (Å²) < 4.78 is 18.5. The number of allylic oxidation sites excluding steroid dienone is 1. The van der Waals surface area contributed by atoms with Gasteiger partial charge in [0.25, 0.3) is 0 Å². The average molecular weight is 347 g/mol. The van der Waals surface area contributed by atoms with Gasteiger partial charge in [0, 0.05) is 12.0 Å². The molecular formula is C16H32BClO3Si. The minimum atomic E-state index is -1.90. The molecule has 0 aromatic rings. The van der Waals surface area contributed by atoms with Crippen molar-refractivity contribution in [1.82, 2.24) is 0 Å². The first-order valence-electron chi connectivity index (χ1n) is 8.21. The molecule has 0 aromatic carbocycles. The summed E-state index contributed by atoms with van der Waals surface area (Å²) in [6, 6.07) is 0. The van der Waals surface area contributed by atoms with Gasteiger partial charge in [-0.3, -0.25) is 0 Å². The molecule has 1 heterocycles. The molecule has 0 spiro atoms. The molecule has 0 saturated carbocycles. The van der Waals surface area contributed by atoms with Crippen LogP contribution in [0.15, 0.2) is 11.2 Å². The highest BCUT2D eigenvalue weighted by Gasteiger charge is 2.52. The van der Waals surface area contributed by atoms with E-state index < -0.39 is 8.32 Å². The van der Waals surface area contributed by atoms with Crippen LogP contribution in [0.1, 0.15) is 54.4 Å². The third kappa shape index (κ3) is 5.38. The molecule has 1 rings (SSSR count). The molecule has 0 atom stereocenters. The van der Waals surface area contributed by atoms with Gasteiger partial charge in [-0.05, 0) is 73.0 Å². The lowest BCUT2D eigenvalue weighted by Crippen LogP contribution is -2.41. The molecule has 1 aliphatic rings. The molecule has 0 aliphatic carbocycles. The van der Waals surface area contributed by atoms with Gasteiger partial charge in [0.2, 0.25) is 8.32 Å². The molecule has 0 radical (unpaired) electrons. The van der Waals surface area contributed by atoms with E-state index in [4.69, 9.17) is 25.3 Å². The predicted molar refractivity (Wildman–Crippen MR) is 97.8 cm³/mol. The summed E-state index contributed by atoms with van der Waals surface area (Å²) in [6.45, 7) is 16.9. The van der Waals surface area contributed by atoms with Crippen molar-refractivity contribution >= 4 is 27.0 Å². The summed E-state index contributed by atoms with van der Waals surface area (Å²) in [4.78, 5) is 0. The van der Waals surface area contributed by atoms with E-state index in [9.17, 15) is 0 Å². The largest absolute Gasteiger partial charge is 0.489 e. The topological polar surface area (TPSA) is 27.7 Å². The Bertz CT molecular complexity index is 392. The lowest BCUT2D eigenvalue weighted by molar-refractivity contribution is 0.00578. The van der Waals surface area contributed by atoms with Gasteiger partial charge in [0.1, 0.15) is 0 Å². The van der Waals surface area contributed by atoms with E-state index >= 15 is 0 Å². The molecule has 22 heavy (non-hydrogen) atoms. The molecule has 0 aromatic heterocycles. The third-order valence-electron chi connectivity index (χ3n) is 4.23. The van der Waals surface area contributed by atoms with Gasteiger partial charge < -0.3 is 13.7 Å². The van der Waals surface area contributed by atoms with Crippen LogP contribution < -0.4 is 0 Å². The minimum absolute atomic E-state index is 0.227. The van der Waals surface area contributed by atoms with Crippen LogP contribution in [0.3, 0.4) is 0 Å². The average Bonchev–Trinajstić information content (AvgIpc) is 2.52. The van der Waals surface area contributed by atoms with Gasteiger partial charge in [0.15, 0.2) is 0 Å². The first-order chi connectivity index (χ1) is 9.90. The fraction of sp³-hybridized carbons (Fsp3) is 0.875. The van der Waals surface area contributed by atoms with Crippen LogP contribution in [0.25, 0.3) is 0 Å². The van der Waals surface area contributed by atoms with Gasteiger partial charge >= 0.3 is 7.12 Å². The second-order valence-electron chi connectivity index (χ2n) is 7.87. The van der Waals surface area contributed by atoms with Crippen molar-refractivity contribution in [1.29, 1.82) is 0 Å². The van der Waals surface area contributed by atoms with Crippen LogP contribution in [0.4, 0.5) is 0 Å². The van der Waals surface area contributed by atoms with E-state index in [1.807, 2.05) is 0 Å². The Morgan fingerprint density at radius 2 is 1.68 bits per heavy atom. The minimum Gasteiger partial charge on any atom is -0.411 e. The molecule has 1 saturated heterocycles. The SMILES string of the molecule is CC(C)O[Si](C)(C)/C=C(/CCCCl)B1OC(C)(C)C(C)(C)O1. The van der Waals surface area contributed by atoms with E-state index in [1.165, 1.54) is 5.47 Å². The number of rotatable bonds is 7. The Kier molecular flexibility index (Phi) is 6.80. The fourth-order valence-electron chi connectivity index (χ4n) is 2.61. The maximum absolute atomic E-state index is 6.21. The van der Waals surface area contributed by atoms with Crippen LogP contribution in [-0.4, -0.2) is 38.6 Å². The maximum Gasteiger partial charge on any atom is 0.489 e. The summed E-state index contributed by atoms with van der Waals surface area (Å²) in [5.74, 6) is 0.643. The second-order valence-corrected chi connectivity index (χ2v) is 12.0. The smallest absolute Gasteiger partial charge is 0.411 e. The van der Waals surface area contributed by atoms with Gasteiger partial charge in [-0.15, -0.1) is 11.6 Å². The Balaban J connectivity index is 2.99. The zero-order chi connectivity index (χ0) is 17.2. The number of alkyl halides is 1. The lowest BCUT2D eigenvalue weighted by Gasteiger charge is -2.32. The van der Waals surface area contributed by atoms with E-state index in [0.717, 1.165) is 12.8 Å². The molecule has 0 N–H and O–H groups in total. The zero-order valence-corrected chi connectivity index (χ0v) is 17.2. The van der Waals surface area contributed by atoms with Crippen molar-refractivity contribution < 1.29 is 13.7 Å². The zero-order valence-electron chi connectivity index (χ0n) is 15.5. The highest BCUT2D eigenvalue weighted by atomic mass is 35.5. The Morgan fingerprint density at radius 1 is 1.18 bits per heavy atom. The van der Waals surface area contributed by atoms with Gasteiger partial charge in [-0.25, -0.2) is 0 Å². The number of hydrogen-bond donors (Lipinski definition) is 0. The molecule has 3 nitrogen and oxygen atoms in total. The van der Waals surface area contributed by atoms with E-state index in [-0.39, 0.29) is 24.4 Å². The lowest BCUT2D eigenvalue weighted by atomic mass is 9.77. The third-order valence-corrected chi connectivity index (χ3v) is 6.64. The van der Waals surface area contributed by atoms with Crippen molar-refractivity contribution in [3.63, 3.8) is 0 Å². The quantitative estimate of drug-likeness (QED) is 0.492. The summed E-state index contributed by atoms with van der Waals surface area (Å²) in [6.07, 6.45) is 2.03. The summed E-state index contributed by atoms with van der Waals surface area (Å²) in [5, 5.41) is 0. The van der Waals surface area contributed by atoms with Crippen LogP contribution in [0, 0.1) is 0 Å². The van der Waals surface area contributed by atoms with E-state index in [1.54, 1.807) is 0 Å². The Labute approximate surface area is 143 Å². The normalized spacial score (nSPS) is 21.7.